The largest absolute Gasteiger partial charge is 0.444 e. The quantitative estimate of drug-likeness (QED) is 0.708. The molecule has 8 heteroatoms. The van der Waals surface area contributed by atoms with Crippen LogP contribution in [0, 0.1) is 5.82 Å². The fraction of sp³-hybridized carbons (Fsp3) is 0.500. The maximum atomic E-state index is 12.7. The molecule has 2 rings (SSSR count). The van der Waals surface area contributed by atoms with Crippen LogP contribution in [0.15, 0.2) is 18.2 Å². The van der Waals surface area contributed by atoms with Gasteiger partial charge < -0.3 is 21.1 Å². The van der Waals surface area contributed by atoms with Crippen molar-refractivity contribution in [2.24, 2.45) is 5.73 Å². The van der Waals surface area contributed by atoms with E-state index in [1.165, 1.54) is 6.07 Å². The summed E-state index contributed by atoms with van der Waals surface area (Å²) in [4.78, 5) is 32.1. The van der Waals surface area contributed by atoms with Gasteiger partial charge in [-0.25, -0.2) is 9.18 Å². The minimum atomic E-state index is -0.682. The van der Waals surface area contributed by atoms with Gasteiger partial charge in [-0.05, 0) is 58.4 Å². The van der Waals surface area contributed by atoms with Crippen molar-refractivity contribution in [3.05, 3.63) is 35.1 Å². The number of primary amides is 1. The predicted molar refractivity (Wildman–Crippen MR) is 95.6 cm³/mol. The number of ether oxygens (including phenoxy) is 1. The van der Waals surface area contributed by atoms with Crippen LogP contribution in [0.4, 0.5) is 9.18 Å². The Morgan fingerprint density at radius 3 is 2.58 bits per heavy atom. The second kappa shape index (κ2) is 9.86. The number of halogens is 1. The molecule has 1 atom stereocenters. The molecular formula is C18H26FN3O4. The number of carbonyl (C=O) groups is 3. The fourth-order valence-corrected chi connectivity index (χ4v) is 2.24. The van der Waals surface area contributed by atoms with Gasteiger partial charge in [0.25, 0.3) is 0 Å². The average molecular weight is 367 g/mol. The third-order valence-electron chi connectivity index (χ3n) is 3.43. The van der Waals surface area contributed by atoms with Crippen molar-refractivity contribution in [3.63, 3.8) is 0 Å². The summed E-state index contributed by atoms with van der Waals surface area (Å²) < 4.78 is 17.8. The molecule has 0 unspecified atom stereocenters. The van der Waals surface area contributed by atoms with Gasteiger partial charge in [-0.15, -0.1) is 0 Å². The zero-order chi connectivity index (χ0) is 19.7. The molecule has 0 radical (unpaired) electrons. The smallest absolute Gasteiger partial charge is 0.407 e. The van der Waals surface area contributed by atoms with E-state index in [9.17, 15) is 18.8 Å². The fourth-order valence-electron chi connectivity index (χ4n) is 2.24. The summed E-state index contributed by atoms with van der Waals surface area (Å²) in [5, 5.41) is 6.08. The topological polar surface area (TPSA) is 111 Å². The van der Waals surface area contributed by atoms with E-state index >= 15 is 0 Å². The lowest BCUT2D eigenvalue weighted by molar-refractivity contribution is 0.0496. The lowest BCUT2D eigenvalue weighted by Gasteiger charge is -2.26. The minimum Gasteiger partial charge on any atom is -0.444 e. The number of piperidine rings is 1. The predicted octanol–water partition coefficient (Wildman–Crippen LogP) is 2.00. The number of hydrogen-bond donors (Lipinski definition) is 3. The van der Waals surface area contributed by atoms with Crippen LogP contribution in [0.5, 0.6) is 0 Å². The molecule has 0 saturated carbocycles. The van der Waals surface area contributed by atoms with Crippen LogP contribution in [-0.4, -0.2) is 43.0 Å². The highest BCUT2D eigenvalue weighted by Crippen LogP contribution is 2.09. The van der Waals surface area contributed by atoms with E-state index in [2.05, 4.69) is 10.6 Å². The third kappa shape index (κ3) is 8.06. The molecule has 1 heterocycles. The van der Waals surface area contributed by atoms with E-state index in [4.69, 9.17) is 10.5 Å². The summed E-state index contributed by atoms with van der Waals surface area (Å²) in [5.74, 6) is -1.34. The van der Waals surface area contributed by atoms with Crippen LogP contribution < -0.4 is 16.4 Å². The zero-order valence-electron chi connectivity index (χ0n) is 15.3. The Balaban J connectivity index is 0.000000263. The Bertz CT molecular complexity index is 638. The van der Waals surface area contributed by atoms with Crippen molar-refractivity contribution >= 4 is 18.3 Å². The molecule has 1 fully saturated rings. The number of alkyl carbamates (subject to hydrolysis) is 1. The van der Waals surface area contributed by atoms with Crippen LogP contribution in [0.2, 0.25) is 0 Å². The average Bonchev–Trinajstić information content (AvgIpc) is 2.54. The molecule has 1 aliphatic heterocycles. The lowest BCUT2D eigenvalue weighted by atomic mass is 10.1. The van der Waals surface area contributed by atoms with Gasteiger partial charge in [0.2, 0.25) is 5.91 Å². The van der Waals surface area contributed by atoms with Gasteiger partial charge in [0.05, 0.1) is 5.56 Å². The first-order valence-corrected chi connectivity index (χ1v) is 8.37. The number of rotatable bonds is 3. The lowest BCUT2D eigenvalue weighted by Crippen LogP contribution is -2.47. The molecule has 1 saturated heterocycles. The maximum absolute atomic E-state index is 12.7. The normalized spacial score (nSPS) is 16.7. The highest BCUT2D eigenvalue weighted by Gasteiger charge is 2.20. The summed E-state index contributed by atoms with van der Waals surface area (Å²) in [6, 6.07) is 3.60. The molecule has 1 aromatic rings. The second-order valence-corrected chi connectivity index (χ2v) is 6.91. The highest BCUT2D eigenvalue weighted by atomic mass is 19.1. The van der Waals surface area contributed by atoms with Gasteiger partial charge in [-0.2, -0.15) is 0 Å². The van der Waals surface area contributed by atoms with Crippen molar-refractivity contribution < 1.29 is 23.5 Å². The van der Waals surface area contributed by atoms with Gasteiger partial charge in [0, 0.05) is 18.2 Å². The molecule has 4 N–H and O–H groups in total. The van der Waals surface area contributed by atoms with E-state index in [0.29, 0.717) is 6.29 Å². The van der Waals surface area contributed by atoms with Gasteiger partial charge in [-0.1, -0.05) is 0 Å². The molecule has 1 aliphatic rings. The van der Waals surface area contributed by atoms with E-state index in [0.717, 1.165) is 38.1 Å². The molecule has 144 valence electrons. The molecule has 2 amide bonds. The van der Waals surface area contributed by atoms with Crippen LogP contribution in [-0.2, 0) is 4.74 Å². The van der Waals surface area contributed by atoms with Crippen molar-refractivity contribution in [2.45, 2.75) is 45.3 Å². The van der Waals surface area contributed by atoms with Crippen LogP contribution in [0.1, 0.15) is 54.3 Å². The first-order valence-electron chi connectivity index (χ1n) is 8.37. The van der Waals surface area contributed by atoms with Crippen molar-refractivity contribution in [3.8, 4) is 0 Å². The Morgan fingerprint density at radius 1 is 1.38 bits per heavy atom. The van der Waals surface area contributed by atoms with Crippen LogP contribution >= 0.6 is 0 Å². The number of nitrogens with one attached hydrogen (secondary N) is 2. The maximum Gasteiger partial charge on any atom is 0.407 e. The van der Waals surface area contributed by atoms with E-state index in [1.54, 1.807) is 0 Å². The molecule has 0 spiro atoms. The van der Waals surface area contributed by atoms with Crippen molar-refractivity contribution in [1.29, 1.82) is 0 Å². The van der Waals surface area contributed by atoms with Crippen LogP contribution in [0.3, 0.4) is 0 Å². The Kier molecular flexibility index (Phi) is 8.18. The van der Waals surface area contributed by atoms with Gasteiger partial charge in [0.15, 0.2) is 6.29 Å². The summed E-state index contributed by atoms with van der Waals surface area (Å²) in [5.41, 5.74) is 4.46. The molecule has 0 aromatic heterocycles. The number of benzene rings is 1. The number of nitrogens with two attached hydrogens (primary N) is 1. The van der Waals surface area contributed by atoms with E-state index in [1.807, 2.05) is 20.8 Å². The minimum absolute atomic E-state index is 0.124. The number of amides is 2. The van der Waals surface area contributed by atoms with E-state index in [-0.39, 0.29) is 23.3 Å². The first-order chi connectivity index (χ1) is 12.1. The Hall–Kier alpha value is -2.48. The summed E-state index contributed by atoms with van der Waals surface area (Å²) in [7, 11) is 0. The summed E-state index contributed by atoms with van der Waals surface area (Å²) in [6.45, 7) is 7.49. The monoisotopic (exact) mass is 367 g/mol. The zero-order valence-corrected chi connectivity index (χ0v) is 15.3. The standard InChI is InChI=1S/C10H20N2O2.C8H6FNO2/c1-10(2,3)14-9(13)12-8-5-4-6-11-7-8;9-7-2-1-5(8(10)12)3-6(7)4-11/h8,11H,4-7H2,1-3H3,(H,12,13);1-4H,(H2,10,12)/t8-;/m1./s1. The Labute approximate surface area is 152 Å². The van der Waals surface area contributed by atoms with Gasteiger partial charge in [0.1, 0.15) is 11.4 Å². The number of hydrogen-bond acceptors (Lipinski definition) is 5. The van der Waals surface area contributed by atoms with Gasteiger partial charge >= 0.3 is 6.09 Å². The Morgan fingerprint density at radius 2 is 2.08 bits per heavy atom. The van der Waals surface area contributed by atoms with Crippen molar-refractivity contribution in [2.75, 3.05) is 13.1 Å². The van der Waals surface area contributed by atoms with Crippen molar-refractivity contribution in [1.82, 2.24) is 10.6 Å². The molecule has 0 aliphatic carbocycles. The molecule has 26 heavy (non-hydrogen) atoms. The molecule has 0 bridgehead atoms. The third-order valence-corrected chi connectivity index (χ3v) is 3.43. The summed E-state index contributed by atoms with van der Waals surface area (Å²) in [6.07, 6.45) is 2.17. The molecule has 1 aromatic carbocycles. The molecular weight excluding hydrogens is 341 g/mol. The second-order valence-electron chi connectivity index (χ2n) is 6.91. The molecule has 7 nitrogen and oxygen atoms in total. The van der Waals surface area contributed by atoms with Crippen LogP contribution in [0.25, 0.3) is 0 Å². The number of carbonyl (C=O) groups excluding carboxylic acids is 3. The first kappa shape index (κ1) is 21.6. The van der Waals surface area contributed by atoms with Gasteiger partial charge in [-0.3, -0.25) is 9.59 Å². The number of aldehydes is 1. The van der Waals surface area contributed by atoms with E-state index < -0.39 is 17.3 Å². The SMILES string of the molecule is CC(C)(C)OC(=O)N[C@@H]1CCCNC1.NC(=O)c1ccc(F)c(C=O)c1. The highest BCUT2D eigenvalue weighted by molar-refractivity contribution is 5.94. The summed E-state index contributed by atoms with van der Waals surface area (Å²) >= 11 is 0.